The summed E-state index contributed by atoms with van der Waals surface area (Å²) in [6.45, 7) is 0. The first kappa shape index (κ1) is 68.6. The Morgan fingerprint density at radius 1 is 0.625 bits per heavy atom. The minimum Gasteiger partial charge on any atom is -0.744 e. The molecule has 80 heavy (non-hydrogen) atoms. The molecule has 0 bridgehead atoms. The van der Waals surface area contributed by atoms with Crippen LogP contribution in [0.1, 0.15) is 11.1 Å². The van der Waals surface area contributed by atoms with Crippen molar-refractivity contribution in [2.75, 3.05) is 11.2 Å². The van der Waals surface area contributed by atoms with E-state index in [-0.39, 0.29) is 123 Å². The number of nitrogens with one attached hydrogen (secondary N) is 1. The van der Waals surface area contributed by atoms with E-state index in [0.717, 1.165) is 40.4 Å². The number of hydrogen-bond donors (Lipinski definition) is 2. The van der Waals surface area contributed by atoms with Gasteiger partial charge in [0.15, 0.2) is 0 Å². The minimum absolute atomic E-state index is 0. The molecule has 0 spiro atoms. The molecule has 8 aromatic carbocycles. The molecule has 2 N–H and O–H groups in total. The molecule has 0 amide bonds. The van der Waals surface area contributed by atoms with Crippen LogP contribution in [0.15, 0.2) is 177 Å². The first-order valence-electron chi connectivity index (χ1n) is 21.2. The Hall–Kier alpha value is -3.88. The van der Waals surface area contributed by atoms with Gasteiger partial charge in [0.1, 0.15) is 38.1 Å². The molecule has 24 nitrogen and oxygen atoms in total. The Labute approximate surface area is 553 Å². The maximum absolute atomic E-state index is 11.5. The second-order valence-electron chi connectivity index (χ2n) is 15.2. The fourth-order valence-electron chi connectivity index (χ4n) is 7.08. The summed E-state index contributed by atoms with van der Waals surface area (Å²) in [6, 6.07) is 46.6. The molecular formula is C47H31N9Na4O15S5. The maximum Gasteiger partial charge on any atom is 1.00 e. The number of aromatic nitrogens is 6. The standard InChI is InChI=1S/C40H25N8O9S3.C7H9NO3S.4Na.O3S/c49-54-56-58-37-22-30(48-44-36-23-38(59-57-55-50)33-3-1-2-4-34(33)40(36)46-48)15-9-25(37)8-5-24-6-11-27(12-7-24)41-42-28-13-16-29(17-14-28)47-43-35-20-10-26-21-31(60(51,52)53)18-19-32(26)39(35)45-47;9-12(10,11)6-8-7-4-2-1-3-5-7;;;;;1-4(2)3/h1-6,8-23,49-50H,(H,51,52,53);1-5,8H,6H2,(H,9,10,11);;;;;/q-1;;4*+1;/p-3. The Balaban J connectivity index is 0.000000600. The van der Waals surface area contributed by atoms with Crippen molar-refractivity contribution in [3.05, 3.63) is 169 Å². The third-order valence-electron chi connectivity index (χ3n) is 10.4. The van der Waals surface area contributed by atoms with Gasteiger partial charge >= 0.3 is 129 Å². The number of azo groups is 1. The number of benzene rings is 8. The fraction of sp³-hybridized carbons (Fsp3) is 0.0213. The molecule has 0 aliphatic rings. The maximum atomic E-state index is 11.5. The molecule has 0 saturated heterocycles. The van der Waals surface area contributed by atoms with Crippen molar-refractivity contribution in [1.29, 1.82) is 0 Å². The first-order valence-corrected chi connectivity index (χ1v) is 26.7. The first-order chi connectivity index (χ1) is 36.5. The quantitative estimate of drug-likeness (QED) is 0.0134. The second-order valence-corrected chi connectivity index (χ2v) is 19.9. The summed E-state index contributed by atoms with van der Waals surface area (Å²) in [7, 11) is -11.6. The number of para-hydroxylation sites is 1. The van der Waals surface area contributed by atoms with E-state index in [1.807, 2.05) is 60.7 Å². The molecular weight excluding hydrogens is 1180 g/mol. The van der Waals surface area contributed by atoms with Crippen LogP contribution in [-0.2, 0) is 49.6 Å². The third kappa shape index (κ3) is 19.1. The van der Waals surface area contributed by atoms with Gasteiger partial charge in [-0.3, -0.25) is 14.6 Å². The zero-order valence-electron chi connectivity index (χ0n) is 42.1. The van der Waals surface area contributed by atoms with Gasteiger partial charge in [0, 0.05) is 37.3 Å². The van der Waals surface area contributed by atoms with E-state index in [1.165, 1.54) is 21.7 Å². The molecule has 0 fully saturated rings. The van der Waals surface area contributed by atoms with Gasteiger partial charge in [-0.2, -0.15) is 37.4 Å². The summed E-state index contributed by atoms with van der Waals surface area (Å²) in [4.78, 5) is 3.77. The molecule has 2 aromatic heterocycles. The summed E-state index contributed by atoms with van der Waals surface area (Å²) in [5, 5.41) is 61.0. The summed E-state index contributed by atoms with van der Waals surface area (Å²) < 4.78 is 98.0. The van der Waals surface area contributed by atoms with Crippen molar-refractivity contribution in [3.63, 3.8) is 0 Å². The van der Waals surface area contributed by atoms with Gasteiger partial charge < -0.3 is 20.4 Å². The molecule has 0 aliphatic heterocycles. The molecule has 10 aromatic rings. The molecule has 0 saturated carbocycles. The van der Waals surface area contributed by atoms with Crippen LogP contribution in [0.5, 0.6) is 0 Å². The zero-order chi connectivity index (χ0) is 53.8. The largest absolute Gasteiger partial charge is 1.00 e. The Bertz CT molecular complexity index is 4130. The van der Waals surface area contributed by atoms with Gasteiger partial charge in [-0.15, -0.1) is 63.4 Å². The van der Waals surface area contributed by atoms with Crippen molar-refractivity contribution < 1.29 is 186 Å². The Kier molecular flexibility index (Phi) is 27.7. The van der Waals surface area contributed by atoms with Crippen LogP contribution in [0.3, 0.4) is 0 Å². The molecule has 33 heteroatoms. The number of anilines is 1. The normalized spacial score (nSPS) is 11.2. The average molecular weight is 1210 g/mol. The predicted octanol–water partition coefficient (Wildman–Crippen LogP) is -4.83. The van der Waals surface area contributed by atoms with E-state index in [2.05, 4.69) is 55.7 Å². The molecule has 10 rings (SSSR count). The van der Waals surface area contributed by atoms with Crippen LogP contribution in [0, 0.1) is 6.07 Å². The zero-order valence-corrected chi connectivity index (χ0v) is 54.2. The molecule has 2 heterocycles. The van der Waals surface area contributed by atoms with Gasteiger partial charge in [-0.25, -0.2) is 13.5 Å². The number of nitrogens with zero attached hydrogens (tertiary/aromatic N) is 8. The van der Waals surface area contributed by atoms with Gasteiger partial charge in [-0.1, -0.05) is 66.7 Å². The molecule has 0 radical (unpaired) electrons. The van der Waals surface area contributed by atoms with Gasteiger partial charge in [-0.05, 0) is 83.7 Å². The summed E-state index contributed by atoms with van der Waals surface area (Å²) >= 11 is 1.51. The van der Waals surface area contributed by atoms with E-state index >= 15 is 0 Å². The van der Waals surface area contributed by atoms with Crippen LogP contribution in [0.4, 0.5) is 17.1 Å². The Morgan fingerprint density at radius 2 is 1.21 bits per heavy atom. The monoisotopic (exact) mass is 1210 g/mol. The van der Waals surface area contributed by atoms with Crippen molar-refractivity contribution in [2.24, 2.45) is 10.2 Å². The van der Waals surface area contributed by atoms with E-state index in [9.17, 15) is 31.9 Å². The van der Waals surface area contributed by atoms with Crippen LogP contribution < -0.4 is 134 Å². The number of hydrogen-bond acceptors (Lipinski definition) is 23. The number of rotatable bonds is 16. The molecule has 0 aliphatic carbocycles. The third-order valence-corrected chi connectivity index (χ3v) is 13.0. The second kappa shape index (κ2) is 32.3. The van der Waals surface area contributed by atoms with E-state index < -0.39 is 36.7 Å². The average Bonchev–Trinajstić information content (AvgIpc) is 4.06. The number of fused-ring (bicyclic) bond motifs is 6. The summed E-state index contributed by atoms with van der Waals surface area (Å²) in [5.74, 6) is -0.461. The summed E-state index contributed by atoms with van der Waals surface area (Å²) in [5.41, 5.74) is 6.85. The van der Waals surface area contributed by atoms with Gasteiger partial charge in [0.2, 0.25) is 0 Å². The van der Waals surface area contributed by atoms with Gasteiger partial charge in [0.05, 0.1) is 46.0 Å². The molecule has 0 atom stereocenters. The molecule has 0 unspecified atom stereocenters. The molecule has 388 valence electrons. The van der Waals surface area contributed by atoms with Gasteiger partial charge in [0.25, 0.3) is 10.1 Å². The van der Waals surface area contributed by atoms with Crippen molar-refractivity contribution in [2.45, 2.75) is 14.7 Å². The minimum atomic E-state index is -4.59. The van der Waals surface area contributed by atoms with Crippen LogP contribution in [-0.4, -0.2) is 74.4 Å². The van der Waals surface area contributed by atoms with Crippen LogP contribution >= 0.6 is 24.1 Å². The topological polar surface area (TPSA) is 344 Å². The van der Waals surface area contributed by atoms with Crippen molar-refractivity contribution in [1.82, 2.24) is 30.0 Å². The van der Waals surface area contributed by atoms with Crippen molar-refractivity contribution >= 4 is 128 Å². The van der Waals surface area contributed by atoms with E-state index in [4.69, 9.17) is 22.3 Å². The SMILES string of the molecule is O=S(=O)(O)CNc1ccccc1.O=S(=O)([O-])c1ccc2c(ccc3nn(-c4ccc(N=Nc5c[c-]c(C=Cc6ccc(-n7nc8cc(SOO[O-])c9ccccc9c8n7)cc6SOO[O-])cc5)cc4)nc32)c1.O=S(=O)=O.[Na+].[Na+].[Na+].[Na+]. The smallest absolute Gasteiger partial charge is 0.744 e. The van der Waals surface area contributed by atoms with Crippen LogP contribution in [0.25, 0.3) is 67.1 Å². The van der Waals surface area contributed by atoms with E-state index in [0.29, 0.717) is 76.6 Å². The fourth-order valence-corrected chi connectivity index (χ4v) is 8.97. The predicted molar refractivity (Wildman–Crippen MR) is 271 cm³/mol. The van der Waals surface area contributed by atoms with Crippen molar-refractivity contribution in [3.8, 4) is 11.4 Å². The summed E-state index contributed by atoms with van der Waals surface area (Å²) in [6.07, 6.45) is 3.66. The van der Waals surface area contributed by atoms with Crippen LogP contribution in [0.2, 0.25) is 0 Å². The Morgan fingerprint density at radius 3 is 1.85 bits per heavy atom. The van der Waals surface area contributed by atoms with E-state index in [1.54, 1.807) is 91.0 Å².